The van der Waals surface area contributed by atoms with Gasteiger partial charge in [-0.2, -0.15) is 8.42 Å². The third-order valence-electron chi connectivity index (χ3n) is 4.56. The highest BCUT2D eigenvalue weighted by Crippen LogP contribution is 2.23. The third-order valence-corrected chi connectivity index (χ3v) is 5.05. The third kappa shape index (κ3) is 5.95. The van der Waals surface area contributed by atoms with Crippen molar-refractivity contribution in [2.75, 3.05) is 18.7 Å². The normalized spacial score (nSPS) is 12.5. The van der Waals surface area contributed by atoms with Crippen LogP contribution >= 0.6 is 0 Å². The van der Waals surface area contributed by atoms with Gasteiger partial charge in [0, 0.05) is 25.8 Å². The van der Waals surface area contributed by atoms with Crippen LogP contribution in [0.25, 0.3) is 10.8 Å². The van der Waals surface area contributed by atoms with Crippen LogP contribution in [0.2, 0.25) is 0 Å². The van der Waals surface area contributed by atoms with E-state index in [9.17, 15) is 13.2 Å². The van der Waals surface area contributed by atoms with Crippen molar-refractivity contribution in [3.05, 3.63) is 71.8 Å². The first-order valence-electron chi connectivity index (χ1n) is 9.24. The van der Waals surface area contributed by atoms with Crippen LogP contribution in [0.1, 0.15) is 11.1 Å². The molecule has 3 aromatic carbocycles. The van der Waals surface area contributed by atoms with E-state index < -0.39 is 22.2 Å². The maximum absolute atomic E-state index is 11.3. The minimum atomic E-state index is -3.56. The van der Waals surface area contributed by atoms with Gasteiger partial charge in [-0.1, -0.05) is 30.3 Å². The average Bonchev–Trinajstić information content (AvgIpc) is 2.70. The molecular formula is C22H23NO6S. The summed E-state index contributed by atoms with van der Waals surface area (Å²) in [4.78, 5) is 11.1. The van der Waals surface area contributed by atoms with Gasteiger partial charge in [0.15, 0.2) is 6.10 Å². The molecule has 3 rings (SSSR count). The maximum atomic E-state index is 11.3. The van der Waals surface area contributed by atoms with Crippen molar-refractivity contribution < 1.29 is 27.2 Å². The lowest BCUT2D eigenvalue weighted by molar-refractivity contribution is -0.148. The Bertz CT molecular complexity index is 1140. The highest BCUT2D eigenvalue weighted by molar-refractivity contribution is 7.86. The van der Waals surface area contributed by atoms with Gasteiger partial charge in [0.25, 0.3) is 0 Å². The quantitative estimate of drug-likeness (QED) is 0.503. The highest BCUT2D eigenvalue weighted by Gasteiger charge is 2.16. The summed E-state index contributed by atoms with van der Waals surface area (Å²) in [6.45, 7) is 0.604. The Labute approximate surface area is 175 Å². The molecule has 0 fully saturated rings. The molecule has 0 aliphatic rings. The molecule has 0 aromatic heterocycles. The topological polar surface area (TPSA) is 102 Å². The van der Waals surface area contributed by atoms with Crippen LogP contribution in [-0.4, -0.2) is 39.0 Å². The second kappa shape index (κ2) is 9.15. The van der Waals surface area contributed by atoms with E-state index in [1.165, 1.54) is 7.11 Å². The Hall–Kier alpha value is -3.10. The number of hydrogen-bond donors (Lipinski definition) is 2. The highest BCUT2D eigenvalue weighted by atomic mass is 32.2. The summed E-state index contributed by atoms with van der Waals surface area (Å²) in [7, 11) is -2.17. The van der Waals surface area contributed by atoms with Crippen LogP contribution in [0.3, 0.4) is 0 Å². The Kier molecular flexibility index (Phi) is 6.59. The molecule has 0 saturated carbocycles. The molecule has 0 radical (unpaired) electrons. The van der Waals surface area contributed by atoms with Crippen molar-refractivity contribution in [1.29, 1.82) is 0 Å². The Morgan fingerprint density at radius 2 is 1.63 bits per heavy atom. The van der Waals surface area contributed by atoms with Crippen LogP contribution in [0.5, 0.6) is 5.75 Å². The lowest BCUT2D eigenvalue weighted by Gasteiger charge is -2.12. The van der Waals surface area contributed by atoms with Crippen LogP contribution in [-0.2, 0) is 32.6 Å². The molecule has 0 heterocycles. The number of carbonyl (C=O) groups is 1. The molecular weight excluding hydrogens is 406 g/mol. The molecule has 0 bridgehead atoms. The lowest BCUT2D eigenvalue weighted by Crippen LogP contribution is -2.24. The summed E-state index contributed by atoms with van der Waals surface area (Å²) >= 11 is 0. The number of ether oxygens (including phenoxy) is 1. The first-order chi connectivity index (χ1) is 14.2. The molecule has 1 atom stereocenters. The summed E-state index contributed by atoms with van der Waals surface area (Å²) < 4.78 is 32.4. The monoisotopic (exact) mass is 429 g/mol. The number of aliphatic carboxylic acids is 1. The molecule has 8 heteroatoms. The molecule has 0 aliphatic carbocycles. The molecule has 0 amide bonds. The second-order valence-electron chi connectivity index (χ2n) is 6.95. The van der Waals surface area contributed by atoms with Gasteiger partial charge in [-0.05, 0) is 52.2 Å². The lowest BCUT2D eigenvalue weighted by atomic mass is 10.1. The van der Waals surface area contributed by atoms with Crippen LogP contribution in [0.15, 0.2) is 60.7 Å². The van der Waals surface area contributed by atoms with E-state index in [-0.39, 0.29) is 5.75 Å². The van der Waals surface area contributed by atoms with Crippen LogP contribution in [0, 0.1) is 0 Å². The zero-order valence-electron chi connectivity index (χ0n) is 16.7. The molecule has 3 aromatic rings. The van der Waals surface area contributed by atoms with Crippen molar-refractivity contribution in [3.63, 3.8) is 0 Å². The van der Waals surface area contributed by atoms with Crippen molar-refractivity contribution in [2.24, 2.45) is 0 Å². The van der Waals surface area contributed by atoms with Crippen molar-refractivity contribution in [3.8, 4) is 5.75 Å². The molecule has 1 unspecified atom stereocenters. The van der Waals surface area contributed by atoms with Gasteiger partial charge in [-0.3, -0.25) is 0 Å². The van der Waals surface area contributed by atoms with E-state index in [2.05, 4.69) is 5.32 Å². The second-order valence-corrected chi connectivity index (χ2v) is 8.52. The van der Waals surface area contributed by atoms with Gasteiger partial charge >= 0.3 is 16.1 Å². The van der Waals surface area contributed by atoms with E-state index in [0.717, 1.165) is 33.8 Å². The summed E-state index contributed by atoms with van der Waals surface area (Å²) in [5.74, 6) is -0.694. The molecule has 0 spiro atoms. The Morgan fingerprint density at radius 1 is 1.00 bits per heavy atom. The largest absolute Gasteiger partial charge is 0.479 e. The molecule has 30 heavy (non-hydrogen) atoms. The van der Waals surface area contributed by atoms with Crippen molar-refractivity contribution in [2.45, 2.75) is 19.1 Å². The number of carboxylic acids is 1. The van der Waals surface area contributed by atoms with E-state index in [0.29, 0.717) is 13.0 Å². The smallest absolute Gasteiger partial charge is 0.333 e. The zero-order chi connectivity index (χ0) is 21.7. The molecule has 7 nitrogen and oxygen atoms in total. The number of methoxy groups -OCH3 is 1. The number of hydrogen-bond acceptors (Lipinski definition) is 6. The fourth-order valence-corrected chi connectivity index (χ4v) is 3.51. The van der Waals surface area contributed by atoms with Crippen molar-refractivity contribution >= 4 is 32.5 Å². The number of rotatable bonds is 9. The number of benzene rings is 3. The van der Waals surface area contributed by atoms with Gasteiger partial charge < -0.3 is 19.3 Å². The number of fused-ring (bicyclic) bond motifs is 1. The first kappa shape index (κ1) is 21.6. The van der Waals surface area contributed by atoms with E-state index in [1.54, 1.807) is 12.1 Å². The molecule has 2 N–H and O–H groups in total. The Balaban J connectivity index is 1.64. The fourth-order valence-electron chi connectivity index (χ4n) is 3.06. The first-order valence-corrected chi connectivity index (χ1v) is 11.1. The minimum absolute atomic E-state index is 0.287. The summed E-state index contributed by atoms with van der Waals surface area (Å²) in [6, 6.07) is 18.6. The average molecular weight is 429 g/mol. The fraction of sp³-hybridized carbons (Fsp3) is 0.227. The van der Waals surface area contributed by atoms with Gasteiger partial charge in [0.1, 0.15) is 5.75 Å². The summed E-state index contributed by atoms with van der Waals surface area (Å²) in [6.07, 6.45) is 0.465. The van der Waals surface area contributed by atoms with E-state index >= 15 is 0 Å². The van der Waals surface area contributed by atoms with E-state index in [4.69, 9.17) is 14.0 Å². The maximum Gasteiger partial charge on any atom is 0.333 e. The standard InChI is InChI=1S/C22H23NO6S/c1-28-21(22(24)25)12-15-4-8-19(9-5-15)23-14-16-3-6-18-13-20(29-30(2,26)27)10-7-17(18)11-16/h3-11,13,21,23H,12,14H2,1-2H3,(H,24,25). The predicted molar refractivity (Wildman–Crippen MR) is 115 cm³/mol. The SMILES string of the molecule is COC(Cc1ccc(NCc2ccc3cc(OS(C)(=O)=O)ccc3c2)cc1)C(=O)O. The van der Waals surface area contributed by atoms with Gasteiger partial charge in [0.2, 0.25) is 0 Å². The van der Waals surface area contributed by atoms with Crippen molar-refractivity contribution in [1.82, 2.24) is 0 Å². The Morgan fingerprint density at radius 3 is 2.27 bits per heavy atom. The van der Waals surface area contributed by atoms with Crippen LogP contribution in [0.4, 0.5) is 5.69 Å². The van der Waals surface area contributed by atoms with Gasteiger partial charge in [-0.15, -0.1) is 0 Å². The van der Waals surface area contributed by atoms with E-state index in [1.807, 2.05) is 48.5 Å². The van der Waals surface area contributed by atoms with Gasteiger partial charge in [0.05, 0.1) is 6.26 Å². The molecule has 0 saturated heterocycles. The van der Waals surface area contributed by atoms with Crippen LogP contribution < -0.4 is 9.50 Å². The zero-order valence-corrected chi connectivity index (χ0v) is 17.5. The number of carboxylic acid groups (broad SMARTS) is 1. The molecule has 0 aliphatic heterocycles. The number of anilines is 1. The molecule has 158 valence electrons. The summed E-state index contributed by atoms with van der Waals surface area (Å²) in [5.41, 5.74) is 2.86. The minimum Gasteiger partial charge on any atom is -0.479 e. The summed E-state index contributed by atoms with van der Waals surface area (Å²) in [5, 5.41) is 14.3. The predicted octanol–water partition coefficient (Wildman–Crippen LogP) is 3.43. The van der Waals surface area contributed by atoms with Gasteiger partial charge in [-0.25, -0.2) is 4.79 Å². The number of nitrogens with one attached hydrogen (secondary N) is 1.